The number of aryl methyl sites for hydroxylation is 2. The summed E-state index contributed by atoms with van der Waals surface area (Å²) in [6.45, 7) is 3.03. The second-order valence-corrected chi connectivity index (χ2v) is 9.96. The highest BCUT2D eigenvalue weighted by Crippen LogP contribution is 2.38. The van der Waals surface area contributed by atoms with Crippen LogP contribution in [0.2, 0.25) is 0 Å². The van der Waals surface area contributed by atoms with E-state index in [1.54, 1.807) is 0 Å². The van der Waals surface area contributed by atoms with Gasteiger partial charge in [0.2, 0.25) is 0 Å². The monoisotopic (exact) mass is 479 g/mol. The number of rotatable bonds is 8. The van der Waals surface area contributed by atoms with Gasteiger partial charge in [-0.2, -0.15) is 0 Å². The number of fused-ring (bicyclic) bond motifs is 2. The number of aromatic nitrogens is 1. The van der Waals surface area contributed by atoms with Crippen LogP contribution in [0.25, 0.3) is 10.9 Å². The summed E-state index contributed by atoms with van der Waals surface area (Å²) in [5.74, 6) is -0.249. The Kier molecular flexibility index (Phi) is 6.64. The highest BCUT2D eigenvalue weighted by atomic mass is 16.5. The number of unbranched alkanes of at least 4 members (excludes halogenated alkanes) is 1. The molecule has 5 heteroatoms. The van der Waals surface area contributed by atoms with Gasteiger partial charge in [0.25, 0.3) is 0 Å². The number of hydrogen-bond donors (Lipinski definition) is 0. The third-order valence-electron chi connectivity index (χ3n) is 7.02. The highest BCUT2D eigenvalue weighted by molar-refractivity contribution is 5.95. The predicted molar refractivity (Wildman–Crippen MR) is 147 cm³/mol. The molecule has 4 aromatic rings. The van der Waals surface area contributed by atoms with Crippen LogP contribution in [-0.4, -0.2) is 38.6 Å². The molecule has 36 heavy (non-hydrogen) atoms. The number of nitrogens with zero attached hydrogens (tertiary/aromatic N) is 3. The quantitative estimate of drug-likeness (QED) is 0.218. The molecule has 0 saturated carbocycles. The average molecular weight is 480 g/mol. The van der Waals surface area contributed by atoms with E-state index in [4.69, 9.17) is 4.74 Å². The topological polar surface area (TPSA) is 45.7 Å². The van der Waals surface area contributed by atoms with Crippen LogP contribution in [0.1, 0.15) is 51.6 Å². The van der Waals surface area contributed by atoms with Gasteiger partial charge in [-0.05, 0) is 79.8 Å². The van der Waals surface area contributed by atoms with E-state index in [-0.39, 0.29) is 12.1 Å². The van der Waals surface area contributed by atoms with Gasteiger partial charge in [-0.25, -0.2) is 4.79 Å². The summed E-state index contributed by atoms with van der Waals surface area (Å²) in [5.41, 5.74) is 8.34. The molecule has 0 radical (unpaired) electrons. The summed E-state index contributed by atoms with van der Waals surface area (Å²) in [5, 5.41) is 1.21. The third-order valence-corrected chi connectivity index (χ3v) is 7.02. The van der Waals surface area contributed by atoms with Gasteiger partial charge in [0, 0.05) is 56.2 Å². The highest BCUT2D eigenvalue weighted by Gasteiger charge is 2.32. The number of cyclic esters (lactones) is 1. The Bertz CT molecular complexity index is 1400. The van der Waals surface area contributed by atoms with Crippen molar-refractivity contribution < 1.29 is 9.53 Å². The number of carbonyl (C=O) groups excluding carboxylic acids is 1. The first kappa shape index (κ1) is 23.9. The Balaban J connectivity index is 1.20. The molecule has 0 amide bonds. The fourth-order valence-corrected chi connectivity index (χ4v) is 4.86. The fourth-order valence-electron chi connectivity index (χ4n) is 4.86. The van der Waals surface area contributed by atoms with Gasteiger partial charge in [0.1, 0.15) is 0 Å². The fraction of sp³-hybridized carbons (Fsp3) is 0.290. The predicted octanol–water partition coefficient (Wildman–Crippen LogP) is 6.33. The molecule has 1 unspecified atom stereocenters. The minimum Gasteiger partial charge on any atom is -0.449 e. The standard InChI is InChI=1S/C31H33N3O2/c1-21-8-15-29-24(17-21)18-22(20-32-29)7-5-6-16-34(4)26-13-14-27-28(19-26)31(35)36-30(27)23-9-11-25(12-10-23)33(2)3/h8-15,17-20,30H,5-7,16H2,1-4H3. The van der Waals surface area contributed by atoms with Crippen LogP contribution in [0.15, 0.2) is 72.9 Å². The molecule has 3 aromatic carbocycles. The molecule has 0 N–H and O–H groups in total. The van der Waals surface area contributed by atoms with Gasteiger partial charge in [0.05, 0.1) is 11.1 Å². The second kappa shape index (κ2) is 10.0. The Morgan fingerprint density at radius 2 is 1.67 bits per heavy atom. The first-order valence-electron chi connectivity index (χ1n) is 12.6. The van der Waals surface area contributed by atoms with E-state index >= 15 is 0 Å². The number of benzene rings is 3. The van der Waals surface area contributed by atoms with Gasteiger partial charge in [-0.3, -0.25) is 4.98 Å². The zero-order valence-electron chi connectivity index (χ0n) is 21.5. The van der Waals surface area contributed by atoms with Crippen LogP contribution < -0.4 is 9.80 Å². The molecule has 0 spiro atoms. The van der Waals surface area contributed by atoms with Gasteiger partial charge in [-0.1, -0.05) is 29.8 Å². The summed E-state index contributed by atoms with van der Waals surface area (Å²) >= 11 is 0. The van der Waals surface area contributed by atoms with Crippen molar-refractivity contribution in [3.8, 4) is 0 Å². The van der Waals surface area contributed by atoms with Crippen molar-refractivity contribution in [1.82, 2.24) is 4.98 Å². The van der Waals surface area contributed by atoms with Gasteiger partial charge >= 0.3 is 5.97 Å². The molecule has 184 valence electrons. The molecule has 0 fully saturated rings. The normalized spacial score (nSPS) is 14.6. The molecule has 5 rings (SSSR count). The van der Waals surface area contributed by atoms with E-state index < -0.39 is 0 Å². The molecule has 2 heterocycles. The molecule has 5 nitrogen and oxygen atoms in total. The molecule has 1 aromatic heterocycles. The Morgan fingerprint density at radius 3 is 2.44 bits per heavy atom. The summed E-state index contributed by atoms with van der Waals surface area (Å²) in [7, 11) is 6.11. The van der Waals surface area contributed by atoms with E-state index in [1.807, 2.05) is 44.6 Å². The van der Waals surface area contributed by atoms with Crippen molar-refractivity contribution in [3.05, 3.63) is 101 Å². The second-order valence-electron chi connectivity index (χ2n) is 9.96. The molecule has 1 atom stereocenters. The number of ether oxygens (including phenoxy) is 1. The lowest BCUT2D eigenvalue weighted by molar-refractivity contribution is 0.0456. The van der Waals surface area contributed by atoms with Crippen LogP contribution in [0.5, 0.6) is 0 Å². The van der Waals surface area contributed by atoms with Crippen molar-refractivity contribution in [2.75, 3.05) is 37.5 Å². The van der Waals surface area contributed by atoms with Gasteiger partial charge in [-0.15, -0.1) is 0 Å². The zero-order valence-corrected chi connectivity index (χ0v) is 21.5. The maximum absolute atomic E-state index is 12.7. The Morgan fingerprint density at radius 1 is 0.889 bits per heavy atom. The van der Waals surface area contributed by atoms with Crippen molar-refractivity contribution in [1.29, 1.82) is 0 Å². The molecule has 1 aliphatic rings. The lowest BCUT2D eigenvalue weighted by Crippen LogP contribution is -2.19. The van der Waals surface area contributed by atoms with Crippen LogP contribution in [0.3, 0.4) is 0 Å². The first-order valence-corrected chi connectivity index (χ1v) is 12.6. The van der Waals surface area contributed by atoms with Crippen molar-refractivity contribution >= 4 is 28.2 Å². The van der Waals surface area contributed by atoms with E-state index in [0.717, 1.165) is 53.8 Å². The minimum atomic E-state index is -0.345. The van der Waals surface area contributed by atoms with Crippen LogP contribution in [-0.2, 0) is 11.2 Å². The first-order chi connectivity index (χ1) is 17.4. The molecule has 0 aliphatic carbocycles. The van der Waals surface area contributed by atoms with E-state index in [1.165, 1.54) is 16.5 Å². The average Bonchev–Trinajstić information content (AvgIpc) is 3.22. The molecule has 0 bridgehead atoms. The molecule has 1 aliphatic heterocycles. The van der Waals surface area contributed by atoms with E-state index in [9.17, 15) is 4.79 Å². The minimum absolute atomic E-state index is 0.249. The van der Waals surface area contributed by atoms with Crippen molar-refractivity contribution in [2.45, 2.75) is 32.3 Å². The largest absolute Gasteiger partial charge is 0.449 e. The maximum Gasteiger partial charge on any atom is 0.339 e. The van der Waals surface area contributed by atoms with E-state index in [2.05, 4.69) is 71.2 Å². The number of hydrogen-bond acceptors (Lipinski definition) is 5. The van der Waals surface area contributed by atoms with Crippen LogP contribution in [0.4, 0.5) is 11.4 Å². The summed E-state index contributed by atoms with van der Waals surface area (Å²) in [6.07, 6.45) is 4.81. The van der Waals surface area contributed by atoms with Gasteiger partial charge < -0.3 is 14.5 Å². The summed E-state index contributed by atoms with van der Waals surface area (Å²) in [6, 6.07) is 22.9. The van der Waals surface area contributed by atoms with Crippen molar-refractivity contribution in [3.63, 3.8) is 0 Å². The zero-order chi connectivity index (χ0) is 25.2. The molecular weight excluding hydrogens is 446 g/mol. The SMILES string of the molecule is Cc1ccc2ncc(CCCCN(C)c3ccc4c(c3)C(=O)OC4c3ccc(N(C)C)cc3)cc2c1. The number of esters is 1. The Hall–Kier alpha value is -3.86. The number of pyridine rings is 1. The van der Waals surface area contributed by atoms with Crippen molar-refractivity contribution in [2.24, 2.45) is 0 Å². The number of carbonyl (C=O) groups is 1. The Labute approximate surface area is 213 Å². The maximum atomic E-state index is 12.7. The van der Waals surface area contributed by atoms with Crippen LogP contribution in [0, 0.1) is 6.92 Å². The molecule has 0 saturated heterocycles. The van der Waals surface area contributed by atoms with Gasteiger partial charge in [0.15, 0.2) is 6.10 Å². The van der Waals surface area contributed by atoms with Crippen LogP contribution >= 0.6 is 0 Å². The van der Waals surface area contributed by atoms with E-state index in [0.29, 0.717) is 5.56 Å². The lowest BCUT2D eigenvalue weighted by atomic mass is 9.98. The number of anilines is 2. The summed E-state index contributed by atoms with van der Waals surface area (Å²) in [4.78, 5) is 21.6. The smallest absolute Gasteiger partial charge is 0.339 e. The third kappa shape index (κ3) is 4.92. The summed E-state index contributed by atoms with van der Waals surface area (Å²) < 4.78 is 5.76. The lowest BCUT2D eigenvalue weighted by Gasteiger charge is -2.20. The molecular formula is C31H33N3O2.